The van der Waals surface area contributed by atoms with E-state index < -0.39 is 33.8 Å². The van der Waals surface area contributed by atoms with Gasteiger partial charge in [-0.3, -0.25) is 14.9 Å². The Balaban J connectivity index is 2.39. The number of nitrogens with zero attached hydrogens (tertiary/aromatic N) is 1. The van der Waals surface area contributed by atoms with Crippen molar-refractivity contribution < 1.29 is 23.2 Å². The highest BCUT2D eigenvalue weighted by atomic mass is 35.5. The number of halogens is 3. The van der Waals surface area contributed by atoms with Crippen LogP contribution in [0, 0.1) is 21.7 Å². The number of carbonyl (C=O) groups is 1. The predicted octanol–water partition coefficient (Wildman–Crippen LogP) is 3.79. The third kappa shape index (κ3) is 3.54. The molecule has 0 saturated heterocycles. The maximum absolute atomic E-state index is 13.8. The lowest BCUT2D eigenvalue weighted by atomic mass is 10.1. The number of methoxy groups -OCH3 is 1. The quantitative estimate of drug-likeness (QED) is 0.677. The molecule has 0 fully saturated rings. The fraction of sp³-hybridized carbons (Fsp3) is 0.0714. The lowest BCUT2D eigenvalue weighted by Crippen LogP contribution is -2.15. The smallest absolute Gasteiger partial charge is 0.282 e. The number of hydrogen-bond donors (Lipinski definition) is 1. The van der Waals surface area contributed by atoms with Gasteiger partial charge < -0.3 is 10.1 Å². The van der Waals surface area contributed by atoms with E-state index in [1.807, 2.05) is 0 Å². The van der Waals surface area contributed by atoms with E-state index >= 15 is 0 Å². The standard InChI is InChI=1S/C14H9ClF2N2O4/c1-23-13-6-9(16)11(5-10(13)17)18-14(20)8-4-7(15)2-3-12(8)19(21)22/h2-6H,1H3,(H,18,20). The van der Waals surface area contributed by atoms with Gasteiger partial charge in [0.15, 0.2) is 17.4 Å². The van der Waals surface area contributed by atoms with Crippen molar-refractivity contribution in [1.29, 1.82) is 0 Å². The molecule has 6 nitrogen and oxygen atoms in total. The van der Waals surface area contributed by atoms with Crippen LogP contribution in [0.2, 0.25) is 5.02 Å². The van der Waals surface area contributed by atoms with Crippen LogP contribution in [0.15, 0.2) is 30.3 Å². The SMILES string of the molecule is COc1cc(F)c(NC(=O)c2cc(Cl)ccc2[N+](=O)[O-])cc1F. The summed E-state index contributed by atoms with van der Waals surface area (Å²) in [5.41, 5.74) is -1.37. The minimum Gasteiger partial charge on any atom is -0.494 e. The highest BCUT2D eigenvalue weighted by molar-refractivity contribution is 6.31. The maximum atomic E-state index is 13.8. The second-order valence-electron chi connectivity index (χ2n) is 4.34. The molecular weight excluding hydrogens is 334 g/mol. The van der Waals surface area contributed by atoms with Gasteiger partial charge in [0.05, 0.1) is 17.7 Å². The first-order valence-electron chi connectivity index (χ1n) is 6.11. The number of anilines is 1. The van der Waals surface area contributed by atoms with Gasteiger partial charge in [-0.05, 0) is 12.1 Å². The Labute approximate surface area is 133 Å². The van der Waals surface area contributed by atoms with E-state index in [9.17, 15) is 23.7 Å². The number of amides is 1. The van der Waals surface area contributed by atoms with Crippen LogP contribution in [0.1, 0.15) is 10.4 Å². The van der Waals surface area contributed by atoms with Crippen molar-refractivity contribution in [3.8, 4) is 5.75 Å². The third-order valence-electron chi connectivity index (χ3n) is 2.89. The van der Waals surface area contributed by atoms with E-state index in [2.05, 4.69) is 10.1 Å². The summed E-state index contributed by atoms with van der Waals surface area (Å²) in [6, 6.07) is 4.80. The molecule has 9 heteroatoms. The summed E-state index contributed by atoms with van der Waals surface area (Å²) in [4.78, 5) is 22.3. The number of carbonyl (C=O) groups excluding carboxylic acids is 1. The molecule has 2 aromatic rings. The molecule has 23 heavy (non-hydrogen) atoms. The highest BCUT2D eigenvalue weighted by Crippen LogP contribution is 2.27. The Morgan fingerprint density at radius 2 is 1.96 bits per heavy atom. The van der Waals surface area contributed by atoms with E-state index in [4.69, 9.17) is 11.6 Å². The fourth-order valence-corrected chi connectivity index (χ4v) is 1.99. The normalized spacial score (nSPS) is 10.3. The lowest BCUT2D eigenvalue weighted by molar-refractivity contribution is -0.385. The van der Waals surface area contributed by atoms with E-state index in [0.29, 0.717) is 6.07 Å². The average molecular weight is 343 g/mol. The summed E-state index contributed by atoms with van der Waals surface area (Å²) in [6.07, 6.45) is 0. The molecular formula is C14H9ClF2N2O4. The van der Waals surface area contributed by atoms with E-state index in [1.54, 1.807) is 0 Å². The molecule has 0 radical (unpaired) electrons. The first-order chi connectivity index (χ1) is 10.8. The number of ether oxygens (including phenoxy) is 1. The molecule has 1 N–H and O–H groups in total. The number of nitrogens with one attached hydrogen (secondary N) is 1. The van der Waals surface area contributed by atoms with Gasteiger partial charge in [-0.25, -0.2) is 8.78 Å². The van der Waals surface area contributed by atoms with Crippen molar-refractivity contribution in [1.82, 2.24) is 0 Å². The second-order valence-corrected chi connectivity index (χ2v) is 4.78. The topological polar surface area (TPSA) is 81.5 Å². The van der Waals surface area contributed by atoms with Gasteiger partial charge in [0, 0.05) is 23.2 Å². The fourth-order valence-electron chi connectivity index (χ4n) is 1.82. The Kier molecular flexibility index (Phi) is 4.75. The van der Waals surface area contributed by atoms with Crippen molar-refractivity contribution in [3.63, 3.8) is 0 Å². The van der Waals surface area contributed by atoms with Gasteiger partial charge in [0.1, 0.15) is 5.56 Å². The number of nitro groups is 1. The van der Waals surface area contributed by atoms with E-state index in [1.165, 1.54) is 6.07 Å². The van der Waals surface area contributed by atoms with Crippen LogP contribution in [-0.4, -0.2) is 17.9 Å². The molecule has 0 aliphatic rings. The van der Waals surface area contributed by atoms with Crippen molar-refractivity contribution >= 4 is 28.9 Å². The van der Waals surface area contributed by atoms with Crippen LogP contribution in [0.3, 0.4) is 0 Å². The maximum Gasteiger partial charge on any atom is 0.282 e. The van der Waals surface area contributed by atoms with Crippen LogP contribution in [0.4, 0.5) is 20.2 Å². The average Bonchev–Trinajstić information content (AvgIpc) is 2.50. The van der Waals surface area contributed by atoms with Crippen molar-refractivity contribution in [2.24, 2.45) is 0 Å². The predicted molar refractivity (Wildman–Crippen MR) is 79.0 cm³/mol. The van der Waals surface area contributed by atoms with Crippen LogP contribution < -0.4 is 10.1 Å². The molecule has 2 rings (SSSR count). The molecule has 2 aromatic carbocycles. The number of nitro benzene ring substituents is 1. The largest absolute Gasteiger partial charge is 0.494 e. The Morgan fingerprint density at radius 1 is 1.26 bits per heavy atom. The molecule has 120 valence electrons. The van der Waals surface area contributed by atoms with E-state index in [-0.39, 0.29) is 16.3 Å². The zero-order valence-electron chi connectivity index (χ0n) is 11.6. The first kappa shape index (κ1) is 16.6. The monoisotopic (exact) mass is 342 g/mol. The molecule has 0 heterocycles. The van der Waals surface area contributed by atoms with Crippen LogP contribution in [0.25, 0.3) is 0 Å². The van der Waals surface area contributed by atoms with Gasteiger partial charge in [-0.1, -0.05) is 11.6 Å². The minimum atomic E-state index is -0.998. The lowest BCUT2D eigenvalue weighted by Gasteiger charge is -2.09. The summed E-state index contributed by atoms with van der Waals surface area (Å²) in [7, 11) is 1.16. The molecule has 0 spiro atoms. The summed E-state index contributed by atoms with van der Waals surface area (Å²) >= 11 is 5.71. The molecule has 0 aromatic heterocycles. The van der Waals surface area contributed by atoms with Crippen molar-refractivity contribution in [2.75, 3.05) is 12.4 Å². The van der Waals surface area contributed by atoms with Crippen LogP contribution >= 0.6 is 11.6 Å². The summed E-state index contributed by atoms with van der Waals surface area (Å²) in [6.45, 7) is 0. The zero-order valence-corrected chi connectivity index (χ0v) is 12.4. The zero-order chi connectivity index (χ0) is 17.1. The second kappa shape index (κ2) is 6.57. The van der Waals surface area contributed by atoms with E-state index in [0.717, 1.165) is 25.3 Å². The molecule has 0 atom stereocenters. The van der Waals surface area contributed by atoms with Gasteiger partial charge in [0.2, 0.25) is 0 Å². The third-order valence-corrected chi connectivity index (χ3v) is 3.12. The van der Waals surface area contributed by atoms with Gasteiger partial charge >= 0.3 is 0 Å². The Hall–Kier alpha value is -2.74. The number of hydrogen-bond acceptors (Lipinski definition) is 4. The van der Waals surface area contributed by atoms with Gasteiger partial charge in [-0.2, -0.15) is 0 Å². The van der Waals surface area contributed by atoms with Crippen LogP contribution in [-0.2, 0) is 0 Å². The number of rotatable bonds is 4. The van der Waals surface area contributed by atoms with Gasteiger partial charge in [0.25, 0.3) is 11.6 Å². The van der Waals surface area contributed by atoms with Crippen molar-refractivity contribution in [3.05, 3.63) is 62.7 Å². The molecule has 0 aliphatic carbocycles. The molecule has 0 saturated carbocycles. The Morgan fingerprint density at radius 3 is 2.57 bits per heavy atom. The van der Waals surface area contributed by atoms with Crippen molar-refractivity contribution in [2.45, 2.75) is 0 Å². The summed E-state index contributed by atoms with van der Waals surface area (Å²) in [5.74, 6) is -3.19. The van der Waals surface area contributed by atoms with Gasteiger partial charge in [-0.15, -0.1) is 0 Å². The molecule has 0 unspecified atom stereocenters. The molecule has 0 aliphatic heterocycles. The van der Waals surface area contributed by atoms with Crippen LogP contribution in [0.5, 0.6) is 5.75 Å². The highest BCUT2D eigenvalue weighted by Gasteiger charge is 2.22. The first-order valence-corrected chi connectivity index (χ1v) is 6.49. The number of benzene rings is 2. The molecule has 1 amide bonds. The molecule has 0 bridgehead atoms. The summed E-state index contributed by atoms with van der Waals surface area (Å²) in [5, 5.41) is 13.1. The summed E-state index contributed by atoms with van der Waals surface area (Å²) < 4.78 is 32.0. The Bertz CT molecular complexity index is 799. The minimum absolute atomic E-state index is 0.0853.